The Hall–Kier alpha value is -1.53. The van der Waals surface area contributed by atoms with Crippen molar-refractivity contribution in [3.05, 3.63) is 18.0 Å². The van der Waals surface area contributed by atoms with Crippen LogP contribution in [0.25, 0.3) is 0 Å². The molecule has 1 aliphatic carbocycles. The number of rotatable bonds is 4. The van der Waals surface area contributed by atoms with Crippen LogP contribution >= 0.6 is 0 Å². The fourth-order valence-corrected chi connectivity index (χ4v) is 1.83. The second kappa shape index (κ2) is 3.75. The first-order chi connectivity index (χ1) is 7.81. The Bertz CT molecular complexity index is 435. The summed E-state index contributed by atoms with van der Waals surface area (Å²) in [6.07, 6.45) is -1.30. The minimum atomic E-state index is -4.40. The van der Waals surface area contributed by atoms with Crippen LogP contribution in [0.15, 0.2) is 12.4 Å². The molecule has 0 aromatic carbocycles. The Kier molecular flexibility index (Phi) is 2.63. The molecule has 94 valence electrons. The lowest BCUT2D eigenvalue weighted by atomic mass is 10.0. The molecule has 0 spiro atoms. The Morgan fingerprint density at radius 1 is 1.53 bits per heavy atom. The van der Waals surface area contributed by atoms with Crippen molar-refractivity contribution in [3.63, 3.8) is 0 Å². The smallest absolute Gasteiger partial charge is 0.419 e. The van der Waals surface area contributed by atoms with Crippen molar-refractivity contribution in [2.75, 3.05) is 0 Å². The summed E-state index contributed by atoms with van der Waals surface area (Å²) in [5.41, 5.74) is -1.20. The predicted octanol–water partition coefficient (Wildman–Crippen LogP) is 2.16. The van der Waals surface area contributed by atoms with Crippen molar-refractivity contribution in [1.82, 2.24) is 9.78 Å². The van der Waals surface area contributed by atoms with Gasteiger partial charge >= 0.3 is 12.1 Å². The molecule has 1 heterocycles. The van der Waals surface area contributed by atoms with E-state index in [0.29, 0.717) is 0 Å². The largest absolute Gasteiger partial charge is 0.481 e. The fraction of sp³-hybridized carbons (Fsp3) is 0.600. The van der Waals surface area contributed by atoms with E-state index in [4.69, 9.17) is 5.11 Å². The molecule has 1 aliphatic rings. The normalized spacial score (nSPS) is 18.1. The zero-order chi connectivity index (χ0) is 12.7. The number of aromatic nitrogens is 2. The summed E-state index contributed by atoms with van der Waals surface area (Å²) in [5.74, 6) is -0.925. The number of alkyl halides is 3. The lowest BCUT2D eigenvalue weighted by Gasteiger charge is -2.12. The van der Waals surface area contributed by atoms with Crippen molar-refractivity contribution in [1.29, 1.82) is 0 Å². The summed E-state index contributed by atoms with van der Waals surface area (Å²) in [7, 11) is 0. The van der Waals surface area contributed by atoms with E-state index in [1.165, 1.54) is 4.68 Å². The Morgan fingerprint density at radius 2 is 2.18 bits per heavy atom. The Labute approximate surface area is 95.0 Å². The third kappa shape index (κ3) is 2.78. The molecule has 1 N–H and O–H groups in total. The number of halogens is 3. The van der Waals surface area contributed by atoms with Crippen LogP contribution in [0.1, 0.15) is 24.8 Å². The average molecular weight is 248 g/mol. The number of hydrogen-bond donors (Lipinski definition) is 1. The number of carboxylic acids is 1. The molecule has 2 rings (SSSR count). The van der Waals surface area contributed by atoms with Gasteiger partial charge in [0, 0.05) is 18.2 Å². The molecule has 0 atom stereocenters. The van der Waals surface area contributed by atoms with Crippen LogP contribution in [0, 0.1) is 5.41 Å². The summed E-state index contributed by atoms with van der Waals surface area (Å²) in [4.78, 5) is 10.6. The lowest BCUT2D eigenvalue weighted by Crippen LogP contribution is -2.16. The van der Waals surface area contributed by atoms with Gasteiger partial charge < -0.3 is 5.11 Å². The maximum Gasteiger partial charge on any atom is 0.419 e. The third-order valence-electron chi connectivity index (χ3n) is 2.94. The predicted molar refractivity (Wildman–Crippen MR) is 51.1 cm³/mol. The summed E-state index contributed by atoms with van der Waals surface area (Å²) in [5, 5.41) is 12.3. The fourth-order valence-electron chi connectivity index (χ4n) is 1.83. The molecule has 0 saturated heterocycles. The minimum absolute atomic E-state index is 0.0196. The van der Waals surface area contributed by atoms with Crippen LogP contribution < -0.4 is 0 Å². The van der Waals surface area contributed by atoms with Gasteiger partial charge in [0.15, 0.2) is 0 Å². The number of aliphatic carboxylic acids is 1. The summed E-state index contributed by atoms with van der Waals surface area (Å²) < 4.78 is 38.1. The second-order valence-electron chi connectivity index (χ2n) is 4.49. The van der Waals surface area contributed by atoms with Gasteiger partial charge in [0.05, 0.1) is 18.2 Å². The van der Waals surface area contributed by atoms with Crippen molar-refractivity contribution in [2.45, 2.75) is 32.0 Å². The number of hydrogen-bond acceptors (Lipinski definition) is 2. The minimum Gasteiger partial charge on any atom is -0.481 e. The highest BCUT2D eigenvalue weighted by atomic mass is 19.4. The van der Waals surface area contributed by atoms with Gasteiger partial charge in [0.25, 0.3) is 0 Å². The van der Waals surface area contributed by atoms with E-state index in [1.807, 2.05) is 0 Å². The van der Waals surface area contributed by atoms with E-state index in [2.05, 4.69) is 5.10 Å². The standard InChI is InChI=1S/C10H11F3N2O2/c11-10(12,13)7-4-14-15(5-7)6-9(1-2-9)3-8(16)17/h4-5H,1-3,6H2,(H,16,17). The van der Waals surface area contributed by atoms with Crippen LogP contribution in [0.2, 0.25) is 0 Å². The van der Waals surface area contributed by atoms with Gasteiger partial charge in [-0.3, -0.25) is 9.48 Å². The van der Waals surface area contributed by atoms with Crippen molar-refractivity contribution < 1.29 is 23.1 Å². The Balaban J connectivity index is 2.05. The summed E-state index contributed by atoms with van der Waals surface area (Å²) in [6.45, 7) is 0.232. The van der Waals surface area contributed by atoms with Crippen molar-refractivity contribution >= 4 is 5.97 Å². The zero-order valence-corrected chi connectivity index (χ0v) is 8.87. The summed E-state index contributed by atoms with van der Waals surface area (Å²) >= 11 is 0. The van der Waals surface area contributed by atoms with E-state index in [0.717, 1.165) is 25.2 Å². The Morgan fingerprint density at radius 3 is 2.59 bits per heavy atom. The molecule has 4 nitrogen and oxygen atoms in total. The van der Waals surface area contributed by atoms with Gasteiger partial charge in [-0.15, -0.1) is 0 Å². The van der Waals surface area contributed by atoms with Crippen molar-refractivity contribution in [3.8, 4) is 0 Å². The maximum absolute atomic E-state index is 12.3. The monoisotopic (exact) mass is 248 g/mol. The molecule has 1 fully saturated rings. The van der Waals surface area contributed by atoms with Crippen LogP contribution in [0.3, 0.4) is 0 Å². The highest BCUT2D eigenvalue weighted by molar-refractivity contribution is 5.68. The number of nitrogens with zero attached hydrogens (tertiary/aromatic N) is 2. The van der Waals surface area contributed by atoms with Gasteiger partial charge in [-0.2, -0.15) is 18.3 Å². The second-order valence-corrected chi connectivity index (χ2v) is 4.49. The van der Waals surface area contributed by atoms with Crippen LogP contribution in [-0.4, -0.2) is 20.9 Å². The van der Waals surface area contributed by atoms with Crippen LogP contribution in [-0.2, 0) is 17.5 Å². The first-order valence-corrected chi connectivity index (χ1v) is 5.12. The number of carboxylic acid groups (broad SMARTS) is 1. The quantitative estimate of drug-likeness (QED) is 0.888. The van der Waals surface area contributed by atoms with Gasteiger partial charge in [-0.1, -0.05) is 0 Å². The van der Waals surface area contributed by atoms with Crippen molar-refractivity contribution in [2.24, 2.45) is 5.41 Å². The molecule has 7 heteroatoms. The lowest BCUT2D eigenvalue weighted by molar-refractivity contribution is -0.139. The molecule has 0 amide bonds. The van der Waals surface area contributed by atoms with Gasteiger partial charge in [-0.05, 0) is 12.8 Å². The van der Waals surface area contributed by atoms with E-state index in [1.54, 1.807) is 0 Å². The molecule has 0 unspecified atom stereocenters. The van der Waals surface area contributed by atoms with Crippen LogP contribution in [0.5, 0.6) is 0 Å². The molecule has 1 aromatic heterocycles. The number of carbonyl (C=O) groups is 1. The topological polar surface area (TPSA) is 55.1 Å². The van der Waals surface area contributed by atoms with E-state index in [9.17, 15) is 18.0 Å². The molecular formula is C10H11F3N2O2. The zero-order valence-electron chi connectivity index (χ0n) is 8.87. The first-order valence-electron chi connectivity index (χ1n) is 5.12. The average Bonchev–Trinajstić information content (AvgIpc) is 2.73. The highest BCUT2D eigenvalue weighted by Crippen LogP contribution is 2.50. The molecule has 0 bridgehead atoms. The van der Waals surface area contributed by atoms with Crippen LogP contribution in [0.4, 0.5) is 13.2 Å². The molecule has 0 aliphatic heterocycles. The molecule has 0 radical (unpaired) electrons. The van der Waals surface area contributed by atoms with E-state index >= 15 is 0 Å². The maximum atomic E-state index is 12.3. The third-order valence-corrected chi connectivity index (χ3v) is 2.94. The van der Waals surface area contributed by atoms with Gasteiger partial charge in [0.2, 0.25) is 0 Å². The SMILES string of the molecule is O=C(O)CC1(Cn2cc(C(F)(F)F)cn2)CC1. The first kappa shape index (κ1) is 11.9. The summed E-state index contributed by atoms with van der Waals surface area (Å²) in [6, 6.07) is 0. The molecule has 1 saturated carbocycles. The highest BCUT2D eigenvalue weighted by Gasteiger charge is 2.45. The molecule has 17 heavy (non-hydrogen) atoms. The van der Waals surface area contributed by atoms with E-state index in [-0.39, 0.29) is 13.0 Å². The van der Waals surface area contributed by atoms with E-state index < -0.39 is 23.1 Å². The van der Waals surface area contributed by atoms with Gasteiger partial charge in [0.1, 0.15) is 0 Å². The molecule has 1 aromatic rings. The molecular weight excluding hydrogens is 237 g/mol. The van der Waals surface area contributed by atoms with Gasteiger partial charge in [-0.25, -0.2) is 0 Å².